The Morgan fingerprint density at radius 2 is 1.94 bits per heavy atom. The minimum absolute atomic E-state index is 0.0155. The summed E-state index contributed by atoms with van der Waals surface area (Å²) < 4.78 is 5.43. The van der Waals surface area contributed by atoms with Gasteiger partial charge < -0.3 is 14.5 Å². The first-order valence-electron chi connectivity index (χ1n) is 11.2. The lowest BCUT2D eigenvalue weighted by molar-refractivity contribution is -0.134. The smallest absolute Gasteiger partial charge is 0.256 e. The van der Waals surface area contributed by atoms with E-state index in [1.165, 1.54) is 0 Å². The number of aliphatic hydroxyl groups excluding tert-OH is 1. The van der Waals surface area contributed by atoms with Crippen molar-refractivity contribution < 1.29 is 19.2 Å². The molecule has 170 valence electrons. The third kappa shape index (κ3) is 3.90. The highest BCUT2D eigenvalue weighted by molar-refractivity contribution is 6.11. The molecule has 0 radical (unpaired) electrons. The highest BCUT2D eigenvalue weighted by Gasteiger charge is 2.48. The van der Waals surface area contributed by atoms with E-state index in [0.717, 1.165) is 16.8 Å². The van der Waals surface area contributed by atoms with Crippen molar-refractivity contribution in [2.75, 3.05) is 6.54 Å². The summed E-state index contributed by atoms with van der Waals surface area (Å²) >= 11 is 0. The maximum absolute atomic E-state index is 13.6. The zero-order chi connectivity index (χ0) is 23.2. The summed E-state index contributed by atoms with van der Waals surface area (Å²) in [6, 6.07) is 9.31. The predicted molar refractivity (Wildman–Crippen MR) is 121 cm³/mol. The zero-order valence-corrected chi connectivity index (χ0v) is 19.3. The van der Waals surface area contributed by atoms with Gasteiger partial charge in [-0.25, -0.2) is 4.99 Å². The van der Waals surface area contributed by atoms with Gasteiger partial charge in [0.2, 0.25) is 5.91 Å². The van der Waals surface area contributed by atoms with E-state index >= 15 is 0 Å². The summed E-state index contributed by atoms with van der Waals surface area (Å²) in [4.78, 5) is 32.7. The van der Waals surface area contributed by atoms with Gasteiger partial charge in [-0.1, -0.05) is 48.8 Å². The Balaban J connectivity index is 1.61. The Morgan fingerprint density at radius 1 is 1.25 bits per heavy atom. The van der Waals surface area contributed by atoms with Crippen LogP contribution < -0.4 is 0 Å². The second-order valence-electron chi connectivity index (χ2n) is 9.77. The quantitative estimate of drug-likeness (QED) is 0.774. The molecule has 4 atom stereocenters. The molecule has 4 rings (SSSR count). The first-order valence-corrected chi connectivity index (χ1v) is 11.2. The molecule has 0 bridgehead atoms. The van der Waals surface area contributed by atoms with Crippen LogP contribution in [0.3, 0.4) is 0 Å². The number of hydrogen-bond donors (Lipinski definition) is 1. The van der Waals surface area contributed by atoms with Gasteiger partial charge in [0.05, 0.1) is 23.3 Å². The van der Waals surface area contributed by atoms with Crippen LogP contribution in [0.25, 0.3) is 0 Å². The number of aliphatic imine (C=N–C) groups is 1. The van der Waals surface area contributed by atoms with Crippen LogP contribution in [-0.2, 0) is 15.0 Å². The van der Waals surface area contributed by atoms with Crippen LogP contribution in [0.2, 0.25) is 0 Å². The molecule has 2 amide bonds. The van der Waals surface area contributed by atoms with Gasteiger partial charge in [-0.2, -0.15) is 0 Å². The van der Waals surface area contributed by atoms with Crippen LogP contribution in [0.1, 0.15) is 62.1 Å². The monoisotopic (exact) mass is 437 g/mol. The lowest BCUT2D eigenvalue weighted by Crippen LogP contribution is -2.44. The number of likely N-dealkylation sites (tertiary alicyclic amines) is 1. The molecule has 1 saturated heterocycles. The number of carbonyl (C=O) groups excluding carboxylic acids is 2. The van der Waals surface area contributed by atoms with Crippen molar-refractivity contribution in [2.24, 2.45) is 10.9 Å². The lowest BCUT2D eigenvalue weighted by Gasteiger charge is -2.30. The second kappa shape index (κ2) is 8.28. The van der Waals surface area contributed by atoms with Gasteiger partial charge >= 0.3 is 0 Å². The number of aryl methyl sites for hydroxylation is 2. The van der Waals surface area contributed by atoms with E-state index < -0.39 is 23.5 Å². The summed E-state index contributed by atoms with van der Waals surface area (Å²) in [6.45, 7) is 9.88. The van der Waals surface area contributed by atoms with Gasteiger partial charge in [-0.05, 0) is 32.3 Å². The van der Waals surface area contributed by atoms with E-state index in [1.54, 1.807) is 11.0 Å². The van der Waals surface area contributed by atoms with Crippen molar-refractivity contribution in [3.63, 3.8) is 0 Å². The van der Waals surface area contributed by atoms with E-state index in [2.05, 4.69) is 10.1 Å². The van der Waals surface area contributed by atoms with Crippen molar-refractivity contribution in [1.29, 1.82) is 0 Å². The number of aromatic nitrogens is 1. The molecule has 0 spiro atoms. The molecule has 1 N–H and O–H groups in total. The zero-order valence-electron chi connectivity index (χ0n) is 19.3. The van der Waals surface area contributed by atoms with Crippen molar-refractivity contribution in [3.05, 3.63) is 52.9 Å². The SMILES string of the molecule is Cc1ccc([C@]2(C)CC([C@@H]3C[C@@H](O)CN3C(=O)[C@@H](c3cc(C)no3)C(C)C)=NC2=O)cc1. The molecule has 2 aliphatic rings. The third-order valence-corrected chi connectivity index (χ3v) is 6.77. The average molecular weight is 438 g/mol. The summed E-state index contributed by atoms with van der Waals surface area (Å²) in [5.74, 6) is -0.326. The summed E-state index contributed by atoms with van der Waals surface area (Å²) in [7, 11) is 0. The number of aliphatic hydroxyl groups is 1. The molecule has 7 nitrogen and oxygen atoms in total. The Morgan fingerprint density at radius 3 is 2.53 bits per heavy atom. The number of amides is 2. The second-order valence-corrected chi connectivity index (χ2v) is 9.77. The average Bonchev–Trinajstić information content (AvgIpc) is 3.40. The molecule has 0 aliphatic carbocycles. The first-order chi connectivity index (χ1) is 15.1. The van der Waals surface area contributed by atoms with Gasteiger partial charge in [-0.15, -0.1) is 0 Å². The summed E-state index contributed by atoms with van der Waals surface area (Å²) in [6.07, 6.45) is 0.156. The molecule has 1 fully saturated rings. The van der Waals surface area contributed by atoms with Crippen LogP contribution in [0, 0.1) is 19.8 Å². The highest BCUT2D eigenvalue weighted by atomic mass is 16.5. The van der Waals surface area contributed by atoms with E-state index in [4.69, 9.17) is 4.52 Å². The Hall–Kier alpha value is -2.80. The molecule has 1 aromatic heterocycles. The molecule has 3 heterocycles. The molecule has 1 aromatic carbocycles. The molecular weight excluding hydrogens is 406 g/mol. The van der Waals surface area contributed by atoms with E-state index in [0.29, 0.717) is 24.3 Å². The Kier molecular flexibility index (Phi) is 5.79. The van der Waals surface area contributed by atoms with Gasteiger partial charge in [0.25, 0.3) is 5.91 Å². The molecular formula is C25H31N3O4. The van der Waals surface area contributed by atoms with Gasteiger partial charge in [0.15, 0.2) is 0 Å². The van der Waals surface area contributed by atoms with Crippen LogP contribution in [0.4, 0.5) is 0 Å². The predicted octanol–water partition coefficient (Wildman–Crippen LogP) is 3.32. The topological polar surface area (TPSA) is 96.0 Å². The standard InChI is InChI=1S/C25H31N3O4/c1-14(2)22(21-10-16(4)27-32-21)23(30)28-13-18(29)11-20(28)19-12-25(5,24(31)26-19)17-8-6-15(3)7-9-17/h6-10,14,18,20,22,29H,11-13H2,1-5H3/t18-,20+,22-,25+/m1/s1. The molecule has 0 unspecified atom stereocenters. The van der Waals surface area contributed by atoms with Crippen LogP contribution in [0.15, 0.2) is 39.8 Å². The fourth-order valence-electron chi connectivity index (χ4n) is 4.89. The van der Waals surface area contributed by atoms with Crippen molar-refractivity contribution in [3.8, 4) is 0 Å². The van der Waals surface area contributed by atoms with Crippen molar-refractivity contribution in [2.45, 2.75) is 70.9 Å². The van der Waals surface area contributed by atoms with Crippen LogP contribution >= 0.6 is 0 Å². The molecule has 32 heavy (non-hydrogen) atoms. The van der Waals surface area contributed by atoms with Crippen molar-refractivity contribution >= 4 is 17.5 Å². The molecule has 0 saturated carbocycles. The lowest BCUT2D eigenvalue weighted by atomic mass is 9.78. The summed E-state index contributed by atoms with van der Waals surface area (Å²) in [5.41, 5.74) is 2.67. The number of hydrogen-bond acceptors (Lipinski definition) is 5. The molecule has 7 heteroatoms. The van der Waals surface area contributed by atoms with Crippen LogP contribution in [-0.4, -0.2) is 51.4 Å². The maximum Gasteiger partial charge on any atom is 0.256 e. The number of benzene rings is 1. The van der Waals surface area contributed by atoms with Gasteiger partial charge in [0.1, 0.15) is 11.7 Å². The van der Waals surface area contributed by atoms with Gasteiger partial charge in [0, 0.05) is 31.2 Å². The minimum Gasteiger partial charge on any atom is -0.391 e. The number of β-amino-alcohol motifs (C(OH)–C–C–N with tert-alkyl or cyclic N) is 1. The van der Waals surface area contributed by atoms with E-state index in [9.17, 15) is 14.7 Å². The fourth-order valence-corrected chi connectivity index (χ4v) is 4.89. The molecule has 2 aromatic rings. The first kappa shape index (κ1) is 22.4. The Labute approximate surface area is 188 Å². The highest BCUT2D eigenvalue weighted by Crippen LogP contribution is 2.39. The number of carbonyl (C=O) groups is 2. The van der Waals surface area contributed by atoms with Gasteiger partial charge in [-0.3, -0.25) is 9.59 Å². The largest absolute Gasteiger partial charge is 0.391 e. The maximum atomic E-state index is 13.6. The third-order valence-electron chi connectivity index (χ3n) is 6.77. The summed E-state index contributed by atoms with van der Waals surface area (Å²) in [5, 5.41) is 14.4. The fraction of sp³-hybridized carbons (Fsp3) is 0.520. The minimum atomic E-state index is -0.759. The van der Waals surface area contributed by atoms with E-state index in [-0.39, 0.29) is 24.3 Å². The van der Waals surface area contributed by atoms with Crippen molar-refractivity contribution in [1.82, 2.24) is 10.1 Å². The number of rotatable bonds is 5. The normalized spacial score (nSPS) is 26.7. The van der Waals surface area contributed by atoms with E-state index in [1.807, 2.05) is 58.9 Å². The van der Waals surface area contributed by atoms with Crippen LogP contribution in [0.5, 0.6) is 0 Å². The number of nitrogens with zero attached hydrogens (tertiary/aromatic N) is 3. The molecule has 2 aliphatic heterocycles. The Bertz CT molecular complexity index is 1060.